The predicted molar refractivity (Wildman–Crippen MR) is 68.4 cm³/mol. The Balaban J connectivity index is 2.15. The minimum atomic E-state index is -0.842. The molecule has 0 saturated carbocycles. The second kappa shape index (κ2) is 4.12. The van der Waals surface area contributed by atoms with Crippen molar-refractivity contribution in [1.82, 2.24) is 0 Å². The first-order valence-electron chi connectivity index (χ1n) is 5.98. The minimum absolute atomic E-state index is 0.157. The molecule has 4 heteroatoms. The van der Waals surface area contributed by atoms with Crippen LogP contribution in [0.15, 0.2) is 24.3 Å². The van der Waals surface area contributed by atoms with Gasteiger partial charge in [-0.3, -0.25) is 0 Å². The maximum Gasteiger partial charge on any atom is 0.363 e. The standard InChI is InChI=1S/C13H19BO3/c1-12(2)13(3,16)14(17-12)11-6-4-10(5-7-11)8-9-15/h4-7,15-16H,8-9H2,1-3H3. The first kappa shape index (κ1) is 12.6. The highest BCUT2D eigenvalue weighted by atomic mass is 16.5. The van der Waals surface area contributed by atoms with E-state index in [1.54, 1.807) is 0 Å². The number of hydrogen-bond acceptors (Lipinski definition) is 3. The molecule has 92 valence electrons. The quantitative estimate of drug-likeness (QED) is 0.749. The van der Waals surface area contributed by atoms with Crippen LogP contribution in [-0.4, -0.2) is 34.8 Å². The van der Waals surface area contributed by atoms with Crippen LogP contribution in [0.25, 0.3) is 0 Å². The summed E-state index contributed by atoms with van der Waals surface area (Å²) >= 11 is 0. The van der Waals surface area contributed by atoms with Crippen molar-refractivity contribution in [2.45, 2.75) is 38.3 Å². The van der Waals surface area contributed by atoms with Crippen LogP contribution in [0.1, 0.15) is 26.3 Å². The van der Waals surface area contributed by atoms with Gasteiger partial charge in [-0.2, -0.15) is 0 Å². The number of rotatable bonds is 3. The lowest BCUT2D eigenvalue weighted by Crippen LogP contribution is -2.77. The molecule has 1 atom stereocenters. The van der Waals surface area contributed by atoms with Gasteiger partial charge >= 0.3 is 6.92 Å². The summed E-state index contributed by atoms with van der Waals surface area (Å²) in [5.41, 5.74) is 0.734. The molecule has 0 aromatic heterocycles. The van der Waals surface area contributed by atoms with Crippen molar-refractivity contribution in [3.63, 3.8) is 0 Å². The molecule has 1 aromatic rings. The van der Waals surface area contributed by atoms with Crippen LogP contribution < -0.4 is 5.46 Å². The van der Waals surface area contributed by atoms with Gasteiger partial charge in [-0.05, 0) is 38.2 Å². The van der Waals surface area contributed by atoms with Crippen LogP contribution in [0.2, 0.25) is 0 Å². The molecule has 2 rings (SSSR count). The molecule has 0 bridgehead atoms. The summed E-state index contributed by atoms with van der Waals surface area (Å²) in [4.78, 5) is 0. The highest BCUT2D eigenvalue weighted by Crippen LogP contribution is 2.39. The van der Waals surface area contributed by atoms with E-state index in [1.165, 1.54) is 0 Å². The molecular weight excluding hydrogens is 215 g/mol. The Labute approximate surface area is 103 Å². The Kier molecular flexibility index (Phi) is 3.06. The molecule has 3 nitrogen and oxygen atoms in total. The molecule has 0 spiro atoms. The van der Waals surface area contributed by atoms with Crippen molar-refractivity contribution in [2.75, 3.05) is 6.61 Å². The third kappa shape index (κ3) is 2.01. The smallest absolute Gasteiger partial charge is 0.363 e. The van der Waals surface area contributed by atoms with Crippen LogP contribution in [0.5, 0.6) is 0 Å². The summed E-state index contributed by atoms with van der Waals surface area (Å²) in [5, 5.41) is 19.2. The summed E-state index contributed by atoms with van der Waals surface area (Å²) in [5.74, 6) is 0. The van der Waals surface area contributed by atoms with Gasteiger partial charge in [-0.1, -0.05) is 24.3 Å². The molecule has 1 aliphatic heterocycles. The molecule has 0 amide bonds. The number of aliphatic hydroxyl groups is 2. The molecule has 1 aliphatic rings. The van der Waals surface area contributed by atoms with Crippen molar-refractivity contribution in [3.8, 4) is 0 Å². The van der Waals surface area contributed by atoms with Gasteiger partial charge in [0.2, 0.25) is 0 Å². The van der Waals surface area contributed by atoms with E-state index in [0.29, 0.717) is 6.42 Å². The largest absolute Gasteiger partial charge is 0.421 e. The van der Waals surface area contributed by atoms with E-state index >= 15 is 0 Å². The Morgan fingerprint density at radius 3 is 2.18 bits per heavy atom. The van der Waals surface area contributed by atoms with Crippen LogP contribution in [-0.2, 0) is 11.1 Å². The van der Waals surface area contributed by atoms with E-state index in [4.69, 9.17) is 9.76 Å². The fraction of sp³-hybridized carbons (Fsp3) is 0.538. The second-order valence-electron chi connectivity index (χ2n) is 5.37. The van der Waals surface area contributed by atoms with Gasteiger partial charge in [0.1, 0.15) is 0 Å². The first-order chi connectivity index (χ1) is 7.88. The Morgan fingerprint density at radius 2 is 1.76 bits per heavy atom. The summed E-state index contributed by atoms with van der Waals surface area (Å²) in [6.07, 6.45) is 0.660. The lowest BCUT2D eigenvalue weighted by Gasteiger charge is -2.55. The average Bonchev–Trinajstić information content (AvgIpc) is 2.28. The molecule has 1 unspecified atom stereocenters. The topological polar surface area (TPSA) is 49.7 Å². The van der Waals surface area contributed by atoms with E-state index in [2.05, 4.69) is 0 Å². The maximum absolute atomic E-state index is 10.4. The Bertz CT molecular complexity index is 398. The van der Waals surface area contributed by atoms with Gasteiger partial charge in [-0.15, -0.1) is 0 Å². The Morgan fingerprint density at radius 1 is 1.18 bits per heavy atom. The highest BCUT2D eigenvalue weighted by Gasteiger charge is 2.61. The number of aliphatic hydroxyl groups excluding tert-OH is 1. The molecule has 0 radical (unpaired) electrons. The Hall–Kier alpha value is -0.835. The van der Waals surface area contributed by atoms with Crippen molar-refractivity contribution in [3.05, 3.63) is 29.8 Å². The monoisotopic (exact) mass is 234 g/mol. The molecule has 1 saturated heterocycles. The molecule has 1 fully saturated rings. The highest BCUT2D eigenvalue weighted by molar-refractivity contribution is 6.72. The lowest BCUT2D eigenvalue weighted by atomic mass is 9.38. The van der Waals surface area contributed by atoms with E-state index < -0.39 is 11.1 Å². The first-order valence-corrected chi connectivity index (χ1v) is 5.98. The summed E-state index contributed by atoms with van der Waals surface area (Å²) in [6.45, 7) is 5.49. The van der Waals surface area contributed by atoms with Crippen LogP contribution in [0.4, 0.5) is 0 Å². The third-order valence-corrected chi connectivity index (χ3v) is 3.82. The average molecular weight is 234 g/mol. The fourth-order valence-corrected chi connectivity index (χ4v) is 2.17. The van der Waals surface area contributed by atoms with Crippen molar-refractivity contribution in [1.29, 1.82) is 0 Å². The van der Waals surface area contributed by atoms with Gasteiger partial charge in [0.05, 0.1) is 11.1 Å². The molecule has 1 aromatic carbocycles. The van der Waals surface area contributed by atoms with Gasteiger partial charge < -0.3 is 14.9 Å². The minimum Gasteiger partial charge on any atom is -0.421 e. The molecule has 0 aliphatic carbocycles. The predicted octanol–water partition coefficient (Wildman–Crippen LogP) is 0.519. The lowest BCUT2D eigenvalue weighted by molar-refractivity contribution is -0.126. The summed E-state index contributed by atoms with van der Waals surface area (Å²) < 4.78 is 5.73. The van der Waals surface area contributed by atoms with Crippen LogP contribution in [0.3, 0.4) is 0 Å². The zero-order chi connectivity index (χ0) is 12.7. The van der Waals surface area contributed by atoms with Crippen LogP contribution in [0, 0.1) is 0 Å². The molecule has 2 N–H and O–H groups in total. The van der Waals surface area contributed by atoms with E-state index in [9.17, 15) is 5.11 Å². The van der Waals surface area contributed by atoms with E-state index in [1.807, 2.05) is 45.0 Å². The second-order valence-corrected chi connectivity index (χ2v) is 5.37. The van der Waals surface area contributed by atoms with E-state index in [-0.39, 0.29) is 13.5 Å². The normalized spacial score (nSPS) is 26.8. The summed E-state index contributed by atoms with van der Waals surface area (Å²) in [6, 6.07) is 7.85. The zero-order valence-corrected chi connectivity index (χ0v) is 10.6. The maximum atomic E-state index is 10.4. The number of benzene rings is 1. The number of hydrogen-bond donors (Lipinski definition) is 2. The van der Waals surface area contributed by atoms with Gasteiger partial charge in [0, 0.05) is 6.61 Å². The SMILES string of the molecule is CC1(C)OB(c2ccc(CCO)cc2)C1(C)O. The third-order valence-electron chi connectivity index (χ3n) is 3.82. The van der Waals surface area contributed by atoms with Crippen molar-refractivity contribution in [2.24, 2.45) is 0 Å². The van der Waals surface area contributed by atoms with Crippen LogP contribution >= 0.6 is 0 Å². The zero-order valence-electron chi connectivity index (χ0n) is 10.6. The van der Waals surface area contributed by atoms with Gasteiger partial charge in [0.25, 0.3) is 0 Å². The van der Waals surface area contributed by atoms with E-state index in [0.717, 1.165) is 11.0 Å². The van der Waals surface area contributed by atoms with Crippen molar-refractivity contribution < 1.29 is 14.9 Å². The molecule has 1 heterocycles. The van der Waals surface area contributed by atoms with Crippen molar-refractivity contribution >= 4 is 12.4 Å². The summed E-state index contributed by atoms with van der Waals surface area (Å²) in [7, 11) is 0. The van der Waals surface area contributed by atoms with Gasteiger partial charge in [-0.25, -0.2) is 0 Å². The molecule has 17 heavy (non-hydrogen) atoms. The molecular formula is C13H19BO3. The van der Waals surface area contributed by atoms with Gasteiger partial charge in [0.15, 0.2) is 0 Å². The fourth-order valence-electron chi connectivity index (χ4n) is 2.17.